The monoisotopic (exact) mass is 502 g/mol. The van der Waals surface area contributed by atoms with Gasteiger partial charge in [0.1, 0.15) is 17.2 Å². The van der Waals surface area contributed by atoms with Crippen molar-refractivity contribution >= 4 is 34.4 Å². The minimum absolute atomic E-state index is 0.278. The summed E-state index contributed by atoms with van der Waals surface area (Å²) in [4.78, 5) is 12.3. The van der Waals surface area contributed by atoms with Crippen LogP contribution in [-0.2, 0) is 0 Å². The van der Waals surface area contributed by atoms with Crippen molar-refractivity contribution in [3.05, 3.63) is 102 Å². The van der Waals surface area contributed by atoms with Gasteiger partial charge in [0, 0.05) is 34.3 Å². The second-order valence-corrected chi connectivity index (χ2v) is 9.56. The van der Waals surface area contributed by atoms with E-state index in [9.17, 15) is 4.39 Å². The number of rotatable bonds is 7. The molecule has 0 aliphatic heterocycles. The highest BCUT2D eigenvalue weighted by Crippen LogP contribution is 2.36. The fourth-order valence-electron chi connectivity index (χ4n) is 4.66. The largest absolute Gasteiger partial charge is 0.358 e. The summed E-state index contributed by atoms with van der Waals surface area (Å²) >= 11 is 0. The zero-order chi connectivity index (χ0) is 26.2. The van der Waals surface area contributed by atoms with Gasteiger partial charge in [-0.05, 0) is 78.8 Å². The van der Waals surface area contributed by atoms with Crippen molar-refractivity contribution in [2.45, 2.75) is 19.8 Å². The summed E-state index contributed by atoms with van der Waals surface area (Å²) in [5, 5.41) is 13.8. The van der Waals surface area contributed by atoms with Gasteiger partial charge in [0.15, 0.2) is 0 Å². The van der Waals surface area contributed by atoms with Gasteiger partial charge in [-0.3, -0.25) is 10.1 Å². The van der Waals surface area contributed by atoms with E-state index in [0.29, 0.717) is 11.6 Å². The Morgan fingerprint density at radius 1 is 1.13 bits per heavy atom. The Morgan fingerprint density at radius 2 is 2.00 bits per heavy atom. The molecule has 38 heavy (non-hydrogen) atoms. The second kappa shape index (κ2) is 9.59. The van der Waals surface area contributed by atoms with Gasteiger partial charge in [-0.25, -0.2) is 9.37 Å². The maximum atomic E-state index is 13.9. The number of halogens is 1. The smallest absolute Gasteiger partial charge is 0.138 e. The predicted molar refractivity (Wildman–Crippen MR) is 152 cm³/mol. The molecule has 4 heterocycles. The third kappa shape index (κ3) is 4.54. The SMILES string of the molecule is C=C(/C=c1/c(-c2cc3c(-c4cccc(F)c4)ccnc3[nH]2)n[nH]/c1=C/C)c1cncc(NC(=C)C2CC2)c1. The van der Waals surface area contributed by atoms with Crippen molar-refractivity contribution in [1.29, 1.82) is 0 Å². The summed E-state index contributed by atoms with van der Waals surface area (Å²) in [6, 6.07) is 12.5. The minimum Gasteiger partial charge on any atom is -0.358 e. The average Bonchev–Trinajstić information content (AvgIpc) is 3.57. The highest BCUT2D eigenvalue weighted by molar-refractivity contribution is 5.96. The molecule has 1 saturated carbocycles. The van der Waals surface area contributed by atoms with Crippen molar-refractivity contribution in [1.82, 2.24) is 25.1 Å². The standard InChI is InChI=1S/C31H27FN6/c1-4-28-27(12-18(2)22-14-24(17-33-16-22)35-19(3)20-8-9-20)30(38-37-28)29-15-26-25(10-11-34-31(26)36-29)21-6-5-7-23(32)13-21/h4-7,10-17,20,35,37H,2-3,8-9H2,1H3,(H,34,36)/b27-12+,28-4+. The number of pyridine rings is 2. The highest BCUT2D eigenvalue weighted by atomic mass is 19.1. The van der Waals surface area contributed by atoms with Crippen LogP contribution in [0, 0.1) is 11.7 Å². The molecule has 1 aromatic carbocycles. The Kier molecular flexibility index (Phi) is 5.96. The molecule has 0 radical (unpaired) electrons. The van der Waals surface area contributed by atoms with E-state index in [4.69, 9.17) is 0 Å². The quantitative estimate of drug-likeness (QED) is 0.263. The molecule has 7 heteroatoms. The van der Waals surface area contributed by atoms with Gasteiger partial charge in [0.2, 0.25) is 0 Å². The second-order valence-electron chi connectivity index (χ2n) is 9.56. The van der Waals surface area contributed by atoms with E-state index in [1.165, 1.54) is 25.0 Å². The van der Waals surface area contributed by atoms with E-state index in [1.807, 2.05) is 43.3 Å². The molecular formula is C31H27FN6. The maximum Gasteiger partial charge on any atom is 0.138 e. The van der Waals surface area contributed by atoms with Gasteiger partial charge < -0.3 is 10.3 Å². The van der Waals surface area contributed by atoms with E-state index in [1.54, 1.807) is 24.7 Å². The molecule has 1 fully saturated rings. The summed E-state index contributed by atoms with van der Waals surface area (Å²) < 4.78 is 13.9. The Morgan fingerprint density at radius 3 is 2.79 bits per heavy atom. The lowest BCUT2D eigenvalue weighted by atomic mass is 10.0. The maximum absolute atomic E-state index is 13.9. The fourth-order valence-corrected chi connectivity index (χ4v) is 4.66. The summed E-state index contributed by atoms with van der Waals surface area (Å²) in [6.07, 6.45) is 11.7. The summed E-state index contributed by atoms with van der Waals surface area (Å²) in [7, 11) is 0. The molecule has 188 valence electrons. The van der Waals surface area contributed by atoms with Crippen LogP contribution in [0.1, 0.15) is 25.3 Å². The molecule has 4 aromatic heterocycles. The van der Waals surface area contributed by atoms with Gasteiger partial charge >= 0.3 is 0 Å². The van der Waals surface area contributed by atoms with Gasteiger partial charge in [-0.2, -0.15) is 5.10 Å². The number of allylic oxidation sites excluding steroid dienone is 2. The van der Waals surface area contributed by atoms with Crippen LogP contribution in [0.4, 0.5) is 10.1 Å². The third-order valence-corrected chi connectivity index (χ3v) is 6.85. The molecule has 0 bridgehead atoms. The molecule has 6 nitrogen and oxygen atoms in total. The van der Waals surface area contributed by atoms with E-state index in [-0.39, 0.29) is 5.82 Å². The third-order valence-electron chi connectivity index (χ3n) is 6.85. The zero-order valence-corrected chi connectivity index (χ0v) is 21.1. The molecule has 3 N–H and O–H groups in total. The molecule has 0 unspecified atom stereocenters. The van der Waals surface area contributed by atoms with Crippen LogP contribution in [0.2, 0.25) is 0 Å². The van der Waals surface area contributed by atoms with Crippen LogP contribution in [0.5, 0.6) is 0 Å². The van der Waals surface area contributed by atoms with Crippen molar-refractivity contribution in [3.63, 3.8) is 0 Å². The van der Waals surface area contributed by atoms with E-state index >= 15 is 0 Å². The predicted octanol–water partition coefficient (Wildman–Crippen LogP) is 5.78. The first-order valence-corrected chi connectivity index (χ1v) is 12.6. The number of nitrogens with zero attached hydrogens (tertiary/aromatic N) is 3. The number of fused-ring (bicyclic) bond motifs is 1. The van der Waals surface area contributed by atoms with Crippen molar-refractivity contribution < 1.29 is 4.39 Å². The van der Waals surface area contributed by atoms with Crippen molar-refractivity contribution in [2.75, 3.05) is 5.32 Å². The lowest BCUT2D eigenvalue weighted by Crippen LogP contribution is -2.23. The number of anilines is 1. The van der Waals surface area contributed by atoms with Crippen LogP contribution >= 0.6 is 0 Å². The van der Waals surface area contributed by atoms with Crippen molar-refractivity contribution in [3.8, 4) is 22.5 Å². The topological polar surface area (TPSA) is 82.3 Å². The average molecular weight is 503 g/mol. The molecule has 6 rings (SSSR count). The molecule has 0 atom stereocenters. The lowest BCUT2D eigenvalue weighted by Gasteiger charge is -2.09. The first-order chi connectivity index (χ1) is 18.5. The first kappa shape index (κ1) is 23.6. The molecular weight excluding hydrogens is 475 g/mol. The van der Waals surface area contributed by atoms with Crippen LogP contribution in [0.3, 0.4) is 0 Å². The molecule has 1 aliphatic rings. The minimum atomic E-state index is -0.278. The van der Waals surface area contributed by atoms with Gasteiger partial charge in [-0.1, -0.05) is 31.4 Å². The highest BCUT2D eigenvalue weighted by Gasteiger charge is 2.24. The molecule has 0 spiro atoms. The Balaban J connectivity index is 1.40. The van der Waals surface area contributed by atoms with Crippen LogP contribution < -0.4 is 15.9 Å². The van der Waals surface area contributed by atoms with E-state index < -0.39 is 0 Å². The number of benzene rings is 1. The Bertz CT molecular complexity index is 1820. The van der Waals surface area contributed by atoms with Crippen LogP contribution in [-0.4, -0.2) is 25.1 Å². The molecule has 0 saturated heterocycles. The number of H-pyrrole nitrogens is 2. The number of hydrogen-bond acceptors (Lipinski definition) is 4. The lowest BCUT2D eigenvalue weighted by molar-refractivity contribution is 0.628. The molecule has 5 aromatic rings. The number of aromatic nitrogens is 5. The van der Waals surface area contributed by atoms with Crippen LogP contribution in [0.15, 0.2) is 79.9 Å². The summed E-state index contributed by atoms with van der Waals surface area (Å²) in [5.74, 6) is 0.274. The Labute approximate surface area is 219 Å². The number of aromatic amines is 2. The fraction of sp³-hybridized carbons (Fsp3) is 0.129. The van der Waals surface area contributed by atoms with Gasteiger partial charge in [0.25, 0.3) is 0 Å². The van der Waals surface area contributed by atoms with Crippen molar-refractivity contribution in [2.24, 2.45) is 5.92 Å². The first-order valence-electron chi connectivity index (χ1n) is 12.6. The van der Waals surface area contributed by atoms with Gasteiger partial charge in [0.05, 0.1) is 22.9 Å². The number of nitrogens with one attached hydrogen (secondary N) is 3. The normalized spacial score (nSPS) is 14.3. The van der Waals surface area contributed by atoms with Crippen LogP contribution in [0.25, 0.3) is 51.3 Å². The molecule has 0 amide bonds. The van der Waals surface area contributed by atoms with Gasteiger partial charge in [-0.15, -0.1) is 0 Å². The molecule has 1 aliphatic carbocycles. The zero-order valence-electron chi connectivity index (χ0n) is 21.1. The van der Waals surface area contributed by atoms with E-state index in [2.05, 4.69) is 43.6 Å². The number of hydrogen-bond donors (Lipinski definition) is 3. The van der Waals surface area contributed by atoms with E-state index in [0.717, 1.165) is 61.0 Å². The Hall–Kier alpha value is -4.78. The summed E-state index contributed by atoms with van der Waals surface area (Å²) in [6.45, 7) is 10.4. The summed E-state index contributed by atoms with van der Waals surface area (Å²) in [5.41, 5.74) is 7.57.